The van der Waals surface area contributed by atoms with Crippen LogP contribution in [0.15, 0.2) is 30.3 Å². The van der Waals surface area contributed by atoms with Crippen LogP contribution >= 0.6 is 0 Å². The number of likely N-dealkylation sites (tertiary alicyclic amines) is 1. The van der Waals surface area contributed by atoms with Gasteiger partial charge in [0, 0.05) is 19.0 Å². The van der Waals surface area contributed by atoms with Crippen molar-refractivity contribution in [2.24, 2.45) is 11.7 Å². The van der Waals surface area contributed by atoms with Gasteiger partial charge in [0.1, 0.15) is 6.61 Å². The van der Waals surface area contributed by atoms with Crippen LogP contribution in [0, 0.1) is 5.92 Å². The summed E-state index contributed by atoms with van der Waals surface area (Å²) in [6, 6.07) is 9.74. The zero-order valence-corrected chi connectivity index (χ0v) is 11.5. The van der Waals surface area contributed by atoms with Crippen molar-refractivity contribution in [1.29, 1.82) is 0 Å². The molecule has 20 heavy (non-hydrogen) atoms. The lowest BCUT2D eigenvalue weighted by molar-refractivity contribution is -0.139. The molecule has 0 saturated carbocycles. The maximum Gasteiger partial charge on any atom is 0.248 e. The third-order valence-electron chi connectivity index (χ3n) is 3.59. The summed E-state index contributed by atoms with van der Waals surface area (Å²) in [7, 11) is 0. The molecule has 0 aliphatic carbocycles. The fourth-order valence-corrected chi connectivity index (χ4v) is 2.34. The average Bonchev–Trinajstić information content (AvgIpc) is 2.48. The Balaban J connectivity index is 1.69. The molecule has 1 heterocycles. The van der Waals surface area contributed by atoms with Gasteiger partial charge in [0.05, 0.1) is 6.61 Å². The summed E-state index contributed by atoms with van der Waals surface area (Å²) < 4.78 is 5.43. The fourth-order valence-electron chi connectivity index (χ4n) is 2.34. The SMILES string of the molecule is NC(=O)C1CCN(C(=O)COCc2ccccc2)CC1. The van der Waals surface area contributed by atoms with E-state index in [0.29, 0.717) is 32.5 Å². The highest BCUT2D eigenvalue weighted by Gasteiger charge is 2.25. The lowest BCUT2D eigenvalue weighted by atomic mass is 9.96. The lowest BCUT2D eigenvalue weighted by Crippen LogP contribution is -2.43. The average molecular weight is 276 g/mol. The number of hydrogen-bond acceptors (Lipinski definition) is 3. The monoisotopic (exact) mass is 276 g/mol. The Morgan fingerprint density at radius 1 is 1.20 bits per heavy atom. The van der Waals surface area contributed by atoms with Gasteiger partial charge in [-0.2, -0.15) is 0 Å². The molecule has 0 bridgehead atoms. The minimum atomic E-state index is -0.266. The molecule has 1 fully saturated rings. The minimum absolute atomic E-state index is 0.0242. The first-order valence-electron chi connectivity index (χ1n) is 6.85. The molecule has 1 aliphatic rings. The quantitative estimate of drug-likeness (QED) is 0.869. The van der Waals surface area contributed by atoms with Crippen LogP contribution in [0.3, 0.4) is 0 Å². The summed E-state index contributed by atoms with van der Waals surface area (Å²) in [5.74, 6) is -0.384. The molecule has 2 amide bonds. The summed E-state index contributed by atoms with van der Waals surface area (Å²) >= 11 is 0. The third kappa shape index (κ3) is 4.06. The Hall–Kier alpha value is -1.88. The van der Waals surface area contributed by atoms with E-state index in [2.05, 4.69) is 0 Å². The summed E-state index contributed by atoms with van der Waals surface area (Å²) in [5, 5.41) is 0. The first-order chi connectivity index (χ1) is 9.66. The number of rotatable bonds is 5. The molecule has 1 saturated heterocycles. The van der Waals surface area contributed by atoms with E-state index in [1.807, 2.05) is 30.3 Å². The number of ether oxygens (including phenoxy) is 1. The molecule has 1 aromatic rings. The van der Waals surface area contributed by atoms with Gasteiger partial charge in [-0.1, -0.05) is 30.3 Å². The second-order valence-corrected chi connectivity index (χ2v) is 5.04. The number of benzene rings is 1. The predicted octanol–water partition coefficient (Wildman–Crippen LogP) is 0.927. The number of amides is 2. The van der Waals surface area contributed by atoms with E-state index in [-0.39, 0.29) is 24.3 Å². The molecule has 0 atom stereocenters. The standard InChI is InChI=1S/C15H20N2O3/c16-15(19)13-6-8-17(9-7-13)14(18)11-20-10-12-4-2-1-3-5-12/h1-5,13H,6-11H2,(H2,16,19). The first-order valence-corrected chi connectivity index (χ1v) is 6.85. The van der Waals surface area contributed by atoms with Crippen LogP contribution < -0.4 is 5.73 Å². The Kier molecular flexibility index (Phi) is 5.12. The van der Waals surface area contributed by atoms with Gasteiger partial charge in [-0.05, 0) is 18.4 Å². The van der Waals surface area contributed by atoms with Crippen LogP contribution in [0.1, 0.15) is 18.4 Å². The second-order valence-electron chi connectivity index (χ2n) is 5.04. The molecule has 0 spiro atoms. The van der Waals surface area contributed by atoms with Crippen LogP contribution in [0.25, 0.3) is 0 Å². The van der Waals surface area contributed by atoms with Crippen molar-refractivity contribution in [2.45, 2.75) is 19.4 Å². The molecule has 1 aromatic carbocycles. The van der Waals surface area contributed by atoms with Crippen LogP contribution in [0.2, 0.25) is 0 Å². The van der Waals surface area contributed by atoms with Gasteiger partial charge in [0.2, 0.25) is 11.8 Å². The molecular weight excluding hydrogens is 256 g/mol. The van der Waals surface area contributed by atoms with E-state index in [1.165, 1.54) is 0 Å². The van der Waals surface area contributed by atoms with Gasteiger partial charge < -0.3 is 15.4 Å². The Morgan fingerprint density at radius 3 is 2.45 bits per heavy atom. The molecule has 5 heteroatoms. The van der Waals surface area contributed by atoms with Crippen molar-refractivity contribution in [3.63, 3.8) is 0 Å². The zero-order valence-electron chi connectivity index (χ0n) is 11.5. The maximum absolute atomic E-state index is 11.9. The van der Waals surface area contributed by atoms with Crippen molar-refractivity contribution >= 4 is 11.8 Å². The fraction of sp³-hybridized carbons (Fsp3) is 0.467. The van der Waals surface area contributed by atoms with Crippen molar-refractivity contribution in [2.75, 3.05) is 19.7 Å². The van der Waals surface area contributed by atoms with Gasteiger partial charge in [-0.25, -0.2) is 0 Å². The normalized spacial score (nSPS) is 16.1. The van der Waals surface area contributed by atoms with Crippen molar-refractivity contribution in [3.8, 4) is 0 Å². The smallest absolute Gasteiger partial charge is 0.248 e. The first kappa shape index (κ1) is 14.5. The Bertz CT molecular complexity index is 453. The third-order valence-corrected chi connectivity index (χ3v) is 3.59. The number of carbonyl (C=O) groups is 2. The van der Waals surface area contributed by atoms with Crippen LogP contribution in [0.4, 0.5) is 0 Å². The number of piperidine rings is 1. The Labute approximate surface area is 118 Å². The van der Waals surface area contributed by atoms with Crippen molar-refractivity contribution in [1.82, 2.24) is 4.90 Å². The summed E-state index contributed by atoms with van der Waals surface area (Å²) in [4.78, 5) is 24.7. The van der Waals surface area contributed by atoms with Gasteiger partial charge >= 0.3 is 0 Å². The van der Waals surface area contributed by atoms with Crippen LogP contribution in [-0.4, -0.2) is 36.4 Å². The van der Waals surface area contributed by atoms with E-state index in [0.717, 1.165) is 5.56 Å². The van der Waals surface area contributed by atoms with E-state index in [1.54, 1.807) is 4.90 Å². The van der Waals surface area contributed by atoms with E-state index < -0.39 is 0 Å². The van der Waals surface area contributed by atoms with Gasteiger partial charge in [0.15, 0.2) is 0 Å². The molecule has 0 radical (unpaired) electrons. The number of nitrogens with two attached hydrogens (primary N) is 1. The van der Waals surface area contributed by atoms with Crippen molar-refractivity contribution in [3.05, 3.63) is 35.9 Å². The predicted molar refractivity (Wildman–Crippen MR) is 74.6 cm³/mol. The van der Waals surface area contributed by atoms with Crippen molar-refractivity contribution < 1.29 is 14.3 Å². The highest BCUT2D eigenvalue weighted by molar-refractivity contribution is 5.79. The maximum atomic E-state index is 11.9. The van der Waals surface area contributed by atoms with E-state index in [9.17, 15) is 9.59 Å². The molecule has 2 rings (SSSR count). The van der Waals surface area contributed by atoms with Crippen LogP contribution in [0.5, 0.6) is 0 Å². The molecule has 2 N–H and O–H groups in total. The topological polar surface area (TPSA) is 72.6 Å². The zero-order chi connectivity index (χ0) is 14.4. The van der Waals surface area contributed by atoms with E-state index >= 15 is 0 Å². The number of hydrogen-bond donors (Lipinski definition) is 1. The molecule has 5 nitrogen and oxygen atoms in total. The molecule has 1 aliphatic heterocycles. The highest BCUT2D eigenvalue weighted by atomic mass is 16.5. The molecule has 0 unspecified atom stereocenters. The summed E-state index contributed by atoms with van der Waals surface area (Å²) in [6.45, 7) is 1.68. The molecule has 0 aromatic heterocycles. The largest absolute Gasteiger partial charge is 0.369 e. The summed E-state index contributed by atoms with van der Waals surface area (Å²) in [5.41, 5.74) is 6.32. The molecular formula is C15H20N2O3. The number of carbonyl (C=O) groups excluding carboxylic acids is 2. The highest BCUT2D eigenvalue weighted by Crippen LogP contribution is 2.16. The minimum Gasteiger partial charge on any atom is -0.369 e. The molecule has 108 valence electrons. The number of primary amides is 1. The summed E-state index contributed by atoms with van der Waals surface area (Å²) in [6.07, 6.45) is 1.31. The van der Waals surface area contributed by atoms with Gasteiger partial charge in [-0.15, -0.1) is 0 Å². The lowest BCUT2D eigenvalue weighted by Gasteiger charge is -2.30. The second kappa shape index (κ2) is 7.05. The van der Waals surface area contributed by atoms with Gasteiger partial charge in [0.25, 0.3) is 0 Å². The Morgan fingerprint density at radius 2 is 1.85 bits per heavy atom. The van der Waals surface area contributed by atoms with Gasteiger partial charge in [-0.3, -0.25) is 9.59 Å². The number of nitrogens with zero attached hydrogens (tertiary/aromatic N) is 1. The van der Waals surface area contributed by atoms with E-state index in [4.69, 9.17) is 10.5 Å². The van der Waals surface area contributed by atoms with Crippen LogP contribution in [-0.2, 0) is 20.9 Å².